The molecule has 0 aliphatic heterocycles. The third-order valence-electron chi connectivity index (χ3n) is 3.82. The van der Waals surface area contributed by atoms with Crippen LogP contribution in [0, 0.1) is 0 Å². The van der Waals surface area contributed by atoms with Crippen LogP contribution in [0.5, 0.6) is 0 Å². The van der Waals surface area contributed by atoms with E-state index in [1.54, 1.807) is 6.07 Å². The third kappa shape index (κ3) is 2.93. The maximum Gasteiger partial charge on any atom is 0.270 e. The van der Waals surface area contributed by atoms with Crippen LogP contribution in [0.2, 0.25) is 0 Å². The van der Waals surface area contributed by atoms with Gasteiger partial charge in [0.1, 0.15) is 5.69 Å². The normalized spacial score (nSPS) is 11.6. The maximum atomic E-state index is 12.3. The van der Waals surface area contributed by atoms with Crippen molar-refractivity contribution in [2.24, 2.45) is 0 Å². The summed E-state index contributed by atoms with van der Waals surface area (Å²) in [6.07, 6.45) is 1.60. The lowest BCUT2D eigenvalue weighted by molar-refractivity contribution is 0.0897. The summed E-state index contributed by atoms with van der Waals surface area (Å²) in [6.45, 7) is 4.06. The molecule has 0 bridgehead atoms. The predicted molar refractivity (Wildman–Crippen MR) is 83.2 cm³/mol. The van der Waals surface area contributed by atoms with Gasteiger partial charge in [0.25, 0.3) is 5.91 Å². The SMILES string of the molecule is CCC(CC)(CCl)NC(=O)c1ccc2ccccc2n1. The molecule has 0 spiro atoms. The van der Waals surface area contributed by atoms with Gasteiger partial charge in [-0.3, -0.25) is 4.79 Å². The number of rotatable bonds is 5. The van der Waals surface area contributed by atoms with Crippen LogP contribution in [0.15, 0.2) is 36.4 Å². The number of aromatic nitrogens is 1. The van der Waals surface area contributed by atoms with Crippen molar-refractivity contribution < 1.29 is 4.79 Å². The topological polar surface area (TPSA) is 42.0 Å². The molecule has 106 valence electrons. The minimum atomic E-state index is -0.355. The van der Waals surface area contributed by atoms with Gasteiger partial charge in [-0.25, -0.2) is 4.98 Å². The number of alkyl halides is 1. The molecule has 1 heterocycles. The van der Waals surface area contributed by atoms with Gasteiger partial charge >= 0.3 is 0 Å². The highest BCUT2D eigenvalue weighted by atomic mass is 35.5. The van der Waals surface area contributed by atoms with E-state index < -0.39 is 0 Å². The van der Waals surface area contributed by atoms with Crippen LogP contribution in [0.4, 0.5) is 0 Å². The van der Waals surface area contributed by atoms with Crippen LogP contribution in [0.1, 0.15) is 37.2 Å². The number of hydrogen-bond acceptors (Lipinski definition) is 2. The van der Waals surface area contributed by atoms with E-state index in [0.717, 1.165) is 23.7 Å². The summed E-state index contributed by atoms with van der Waals surface area (Å²) < 4.78 is 0. The largest absolute Gasteiger partial charge is 0.344 e. The Hall–Kier alpha value is -1.61. The lowest BCUT2D eigenvalue weighted by Crippen LogP contribution is -2.49. The number of fused-ring (bicyclic) bond motifs is 1. The number of halogens is 1. The molecule has 0 aliphatic carbocycles. The molecule has 0 unspecified atom stereocenters. The molecule has 1 amide bonds. The number of pyridine rings is 1. The average molecular weight is 291 g/mol. The Balaban J connectivity index is 2.27. The van der Waals surface area contributed by atoms with E-state index in [2.05, 4.69) is 10.3 Å². The summed E-state index contributed by atoms with van der Waals surface area (Å²) >= 11 is 6.02. The zero-order valence-corrected chi connectivity index (χ0v) is 12.6. The molecular weight excluding hydrogens is 272 g/mol. The summed E-state index contributed by atoms with van der Waals surface area (Å²) in [5.74, 6) is 0.236. The number of benzene rings is 1. The first kappa shape index (κ1) is 14.8. The molecule has 0 saturated heterocycles. The molecule has 1 aromatic heterocycles. The summed E-state index contributed by atoms with van der Waals surface area (Å²) in [4.78, 5) is 16.8. The lowest BCUT2D eigenvalue weighted by Gasteiger charge is -2.30. The minimum absolute atomic E-state index is 0.167. The fraction of sp³-hybridized carbons (Fsp3) is 0.375. The molecule has 0 fully saturated rings. The number of nitrogens with zero attached hydrogens (tertiary/aromatic N) is 1. The van der Waals surface area contributed by atoms with Crippen molar-refractivity contribution >= 4 is 28.4 Å². The number of carbonyl (C=O) groups excluding carboxylic acids is 1. The summed E-state index contributed by atoms with van der Waals surface area (Å²) in [5, 5.41) is 4.05. The van der Waals surface area contributed by atoms with Crippen LogP contribution in [-0.2, 0) is 0 Å². The Morgan fingerprint density at radius 3 is 2.55 bits per heavy atom. The molecule has 3 nitrogen and oxygen atoms in total. The number of carbonyl (C=O) groups is 1. The minimum Gasteiger partial charge on any atom is -0.344 e. The summed E-state index contributed by atoms with van der Waals surface area (Å²) in [5.41, 5.74) is 0.899. The molecule has 0 radical (unpaired) electrons. The molecule has 0 saturated carbocycles. The number of para-hydroxylation sites is 1. The Morgan fingerprint density at radius 2 is 1.90 bits per heavy atom. The molecule has 2 aromatic rings. The first-order chi connectivity index (χ1) is 9.64. The zero-order chi connectivity index (χ0) is 14.6. The quantitative estimate of drug-likeness (QED) is 0.852. The smallest absolute Gasteiger partial charge is 0.270 e. The fourth-order valence-corrected chi connectivity index (χ4v) is 2.59. The van der Waals surface area contributed by atoms with Crippen LogP contribution >= 0.6 is 11.6 Å². The standard InChI is InChI=1S/C16H19ClN2O/c1-3-16(4-2,11-17)19-15(20)14-10-9-12-7-5-6-8-13(12)18-14/h5-10H,3-4,11H2,1-2H3,(H,19,20). The van der Waals surface area contributed by atoms with E-state index in [0.29, 0.717) is 11.6 Å². The second-order valence-electron chi connectivity index (χ2n) is 4.96. The average Bonchev–Trinajstić information content (AvgIpc) is 2.52. The van der Waals surface area contributed by atoms with Crippen molar-refractivity contribution in [3.05, 3.63) is 42.1 Å². The fourth-order valence-electron chi connectivity index (χ4n) is 2.15. The van der Waals surface area contributed by atoms with Crippen molar-refractivity contribution in [1.29, 1.82) is 0 Å². The van der Waals surface area contributed by atoms with E-state index in [4.69, 9.17) is 11.6 Å². The van der Waals surface area contributed by atoms with E-state index in [1.165, 1.54) is 0 Å². The van der Waals surface area contributed by atoms with E-state index in [9.17, 15) is 4.79 Å². The second-order valence-corrected chi connectivity index (χ2v) is 5.23. The summed E-state index contributed by atoms with van der Waals surface area (Å²) in [7, 11) is 0. The molecule has 0 aliphatic rings. The van der Waals surface area contributed by atoms with E-state index in [-0.39, 0.29) is 11.4 Å². The monoisotopic (exact) mass is 290 g/mol. The molecule has 20 heavy (non-hydrogen) atoms. The molecule has 4 heteroatoms. The highest BCUT2D eigenvalue weighted by Gasteiger charge is 2.27. The molecule has 0 atom stereocenters. The van der Waals surface area contributed by atoms with Gasteiger partial charge in [0.15, 0.2) is 0 Å². The molecular formula is C16H19ClN2O. The number of hydrogen-bond donors (Lipinski definition) is 1. The van der Waals surface area contributed by atoms with Crippen molar-refractivity contribution in [3.8, 4) is 0 Å². The Morgan fingerprint density at radius 1 is 1.20 bits per heavy atom. The highest BCUT2D eigenvalue weighted by molar-refractivity contribution is 6.18. The van der Waals surface area contributed by atoms with Gasteiger partial charge in [0, 0.05) is 11.3 Å². The predicted octanol–water partition coefficient (Wildman–Crippen LogP) is 3.76. The van der Waals surface area contributed by atoms with Gasteiger partial charge in [0.2, 0.25) is 0 Å². The van der Waals surface area contributed by atoms with E-state index in [1.807, 2.05) is 44.2 Å². The molecule has 2 rings (SSSR count). The van der Waals surface area contributed by atoms with Crippen molar-refractivity contribution in [1.82, 2.24) is 10.3 Å². The first-order valence-corrected chi connectivity index (χ1v) is 7.42. The van der Waals surface area contributed by atoms with Crippen LogP contribution < -0.4 is 5.32 Å². The number of nitrogens with one attached hydrogen (secondary N) is 1. The van der Waals surface area contributed by atoms with Crippen LogP contribution in [-0.4, -0.2) is 22.3 Å². The van der Waals surface area contributed by atoms with Crippen LogP contribution in [0.25, 0.3) is 10.9 Å². The van der Waals surface area contributed by atoms with Gasteiger partial charge in [-0.05, 0) is 25.0 Å². The van der Waals surface area contributed by atoms with E-state index >= 15 is 0 Å². The molecule has 1 aromatic carbocycles. The molecule has 1 N–H and O–H groups in total. The summed E-state index contributed by atoms with van der Waals surface area (Å²) in [6, 6.07) is 11.4. The van der Waals surface area contributed by atoms with Gasteiger partial charge < -0.3 is 5.32 Å². The Kier molecular flexibility index (Phi) is 4.61. The lowest BCUT2D eigenvalue weighted by atomic mass is 9.95. The maximum absolute atomic E-state index is 12.3. The highest BCUT2D eigenvalue weighted by Crippen LogP contribution is 2.18. The zero-order valence-electron chi connectivity index (χ0n) is 11.8. The Bertz CT molecular complexity index is 600. The van der Waals surface area contributed by atoms with Gasteiger partial charge in [-0.15, -0.1) is 11.6 Å². The van der Waals surface area contributed by atoms with Gasteiger partial charge in [-0.1, -0.05) is 38.1 Å². The van der Waals surface area contributed by atoms with Gasteiger partial charge in [0.05, 0.1) is 11.1 Å². The third-order valence-corrected chi connectivity index (χ3v) is 4.33. The Labute approximate surface area is 124 Å². The van der Waals surface area contributed by atoms with Gasteiger partial charge in [-0.2, -0.15) is 0 Å². The second kappa shape index (κ2) is 6.23. The number of amides is 1. The first-order valence-electron chi connectivity index (χ1n) is 6.88. The van der Waals surface area contributed by atoms with Crippen molar-refractivity contribution in [3.63, 3.8) is 0 Å². The van der Waals surface area contributed by atoms with Crippen molar-refractivity contribution in [2.75, 3.05) is 5.88 Å². The van der Waals surface area contributed by atoms with Crippen molar-refractivity contribution in [2.45, 2.75) is 32.2 Å². The van der Waals surface area contributed by atoms with Crippen LogP contribution in [0.3, 0.4) is 0 Å².